The van der Waals surface area contributed by atoms with Crippen LogP contribution in [-0.4, -0.2) is 16.7 Å². The molecule has 108 valence electrons. The lowest BCUT2D eigenvalue weighted by Gasteiger charge is -2.12. The van der Waals surface area contributed by atoms with Crippen LogP contribution in [0.15, 0.2) is 59.3 Å². The number of thiazole rings is 1. The molecular formula is C16H16N2O2S. The summed E-state index contributed by atoms with van der Waals surface area (Å²) in [6.07, 6.45) is 3.49. The van der Waals surface area contributed by atoms with E-state index >= 15 is 0 Å². The third kappa shape index (κ3) is 3.39. The van der Waals surface area contributed by atoms with E-state index in [0.29, 0.717) is 6.54 Å². The predicted molar refractivity (Wildman–Crippen MR) is 82.9 cm³/mol. The van der Waals surface area contributed by atoms with Crippen molar-refractivity contribution < 1.29 is 9.52 Å². The topological polar surface area (TPSA) is 58.3 Å². The summed E-state index contributed by atoms with van der Waals surface area (Å²) in [5, 5.41) is 13.7. The van der Waals surface area contributed by atoms with E-state index in [9.17, 15) is 5.11 Å². The minimum absolute atomic E-state index is 0.00949. The number of nitrogens with zero attached hydrogens (tertiary/aromatic N) is 1. The fraction of sp³-hybridized carbons (Fsp3) is 0.188. The van der Waals surface area contributed by atoms with Crippen molar-refractivity contribution in [3.8, 4) is 10.4 Å². The van der Waals surface area contributed by atoms with Crippen LogP contribution in [0, 0.1) is 0 Å². The van der Waals surface area contributed by atoms with Crippen molar-refractivity contribution in [2.24, 2.45) is 0 Å². The molecule has 2 aromatic heterocycles. The zero-order valence-corrected chi connectivity index (χ0v) is 12.2. The molecule has 0 bridgehead atoms. The van der Waals surface area contributed by atoms with Crippen LogP contribution in [0.1, 0.15) is 16.8 Å². The highest BCUT2D eigenvalue weighted by molar-refractivity contribution is 7.15. The van der Waals surface area contributed by atoms with Gasteiger partial charge in [0.2, 0.25) is 0 Å². The Morgan fingerprint density at radius 2 is 2.05 bits per heavy atom. The Morgan fingerprint density at radius 3 is 2.76 bits per heavy atom. The fourth-order valence-electron chi connectivity index (χ4n) is 2.08. The molecule has 1 aromatic carbocycles. The summed E-state index contributed by atoms with van der Waals surface area (Å²) in [6.45, 7) is 0.591. The van der Waals surface area contributed by atoms with Gasteiger partial charge in [0.25, 0.3) is 0 Å². The molecule has 0 aliphatic rings. The second kappa shape index (κ2) is 6.67. The van der Waals surface area contributed by atoms with Crippen molar-refractivity contribution in [3.63, 3.8) is 0 Å². The normalized spacial score (nSPS) is 12.4. The van der Waals surface area contributed by atoms with Crippen LogP contribution in [0.4, 0.5) is 0 Å². The zero-order valence-electron chi connectivity index (χ0n) is 11.4. The Morgan fingerprint density at radius 1 is 1.19 bits per heavy atom. The highest BCUT2D eigenvalue weighted by atomic mass is 32.1. The lowest BCUT2D eigenvalue weighted by Crippen LogP contribution is -2.23. The summed E-state index contributed by atoms with van der Waals surface area (Å²) >= 11 is 1.65. The first-order chi connectivity index (χ1) is 10.4. The van der Waals surface area contributed by atoms with Crippen LogP contribution in [0.2, 0.25) is 0 Å². The van der Waals surface area contributed by atoms with Gasteiger partial charge < -0.3 is 9.52 Å². The number of aliphatic hydroxyl groups excluding tert-OH is 1. The number of rotatable bonds is 6. The monoisotopic (exact) mass is 300 g/mol. The van der Waals surface area contributed by atoms with Crippen molar-refractivity contribution in [1.29, 1.82) is 0 Å². The quantitative estimate of drug-likeness (QED) is 0.734. The fourth-order valence-corrected chi connectivity index (χ4v) is 2.96. The van der Waals surface area contributed by atoms with Gasteiger partial charge >= 0.3 is 0 Å². The Hall–Kier alpha value is -1.95. The SMILES string of the molecule is OCC(NCc1ncc(-c2ccccc2)s1)c1ccco1. The number of nitrogens with one attached hydrogen (secondary N) is 1. The van der Waals surface area contributed by atoms with Crippen LogP contribution >= 0.6 is 11.3 Å². The summed E-state index contributed by atoms with van der Waals surface area (Å²) in [4.78, 5) is 5.57. The lowest BCUT2D eigenvalue weighted by molar-refractivity contribution is 0.225. The first-order valence-electron chi connectivity index (χ1n) is 6.74. The molecule has 1 unspecified atom stereocenters. The zero-order chi connectivity index (χ0) is 14.5. The number of aromatic nitrogens is 1. The number of hydrogen-bond acceptors (Lipinski definition) is 5. The van der Waals surface area contributed by atoms with Crippen LogP contribution < -0.4 is 5.32 Å². The van der Waals surface area contributed by atoms with Gasteiger partial charge in [-0.25, -0.2) is 4.98 Å². The molecular weight excluding hydrogens is 284 g/mol. The molecule has 5 heteroatoms. The molecule has 21 heavy (non-hydrogen) atoms. The lowest BCUT2D eigenvalue weighted by atomic mass is 10.2. The Balaban J connectivity index is 1.65. The summed E-state index contributed by atoms with van der Waals surface area (Å²) < 4.78 is 5.31. The molecule has 0 amide bonds. The highest BCUT2D eigenvalue weighted by Gasteiger charge is 2.13. The first kappa shape index (κ1) is 14.0. The van der Waals surface area contributed by atoms with Gasteiger partial charge in [0.05, 0.1) is 23.8 Å². The molecule has 4 nitrogen and oxygen atoms in total. The highest BCUT2D eigenvalue weighted by Crippen LogP contribution is 2.26. The molecule has 0 saturated carbocycles. The van der Waals surface area contributed by atoms with Crippen LogP contribution in [0.3, 0.4) is 0 Å². The Labute approximate surface area is 127 Å². The van der Waals surface area contributed by atoms with E-state index in [0.717, 1.165) is 15.6 Å². The molecule has 0 spiro atoms. The first-order valence-corrected chi connectivity index (χ1v) is 7.56. The van der Waals surface area contributed by atoms with Crippen LogP contribution in [-0.2, 0) is 6.54 Å². The van der Waals surface area contributed by atoms with E-state index in [1.807, 2.05) is 36.5 Å². The van der Waals surface area contributed by atoms with E-state index in [1.54, 1.807) is 17.6 Å². The van der Waals surface area contributed by atoms with E-state index in [-0.39, 0.29) is 12.6 Å². The number of hydrogen-bond donors (Lipinski definition) is 2. The van der Waals surface area contributed by atoms with E-state index in [4.69, 9.17) is 4.42 Å². The summed E-state index contributed by atoms with van der Waals surface area (Å²) in [6, 6.07) is 13.7. The molecule has 0 radical (unpaired) electrons. The molecule has 0 aliphatic heterocycles. The molecule has 1 atom stereocenters. The van der Waals surface area contributed by atoms with E-state index < -0.39 is 0 Å². The molecule has 3 rings (SSSR count). The average Bonchev–Trinajstić information content (AvgIpc) is 3.20. The number of aliphatic hydroxyl groups is 1. The minimum atomic E-state index is -0.205. The largest absolute Gasteiger partial charge is 0.468 e. The Bertz CT molecular complexity index is 665. The summed E-state index contributed by atoms with van der Waals surface area (Å²) in [5.74, 6) is 0.734. The maximum Gasteiger partial charge on any atom is 0.123 e. The van der Waals surface area contributed by atoms with Crippen molar-refractivity contribution in [3.05, 3.63) is 65.7 Å². The molecule has 0 fully saturated rings. The van der Waals surface area contributed by atoms with Crippen molar-refractivity contribution in [2.75, 3.05) is 6.61 Å². The minimum Gasteiger partial charge on any atom is -0.468 e. The van der Waals surface area contributed by atoms with Gasteiger partial charge in [0.15, 0.2) is 0 Å². The second-order valence-electron chi connectivity index (χ2n) is 4.62. The van der Waals surface area contributed by atoms with Crippen LogP contribution in [0.5, 0.6) is 0 Å². The van der Waals surface area contributed by atoms with Gasteiger partial charge in [-0.1, -0.05) is 30.3 Å². The maximum atomic E-state index is 9.42. The molecule has 3 aromatic rings. The van der Waals surface area contributed by atoms with Crippen molar-refractivity contribution in [1.82, 2.24) is 10.3 Å². The van der Waals surface area contributed by atoms with Crippen LogP contribution in [0.25, 0.3) is 10.4 Å². The summed E-state index contributed by atoms with van der Waals surface area (Å²) in [7, 11) is 0. The van der Waals surface area contributed by atoms with Gasteiger partial charge in [-0.3, -0.25) is 5.32 Å². The molecule has 0 saturated heterocycles. The molecule has 0 aliphatic carbocycles. The third-order valence-corrected chi connectivity index (χ3v) is 4.23. The number of benzene rings is 1. The molecule has 2 N–H and O–H groups in total. The average molecular weight is 300 g/mol. The van der Waals surface area contributed by atoms with E-state index in [2.05, 4.69) is 22.4 Å². The Kier molecular flexibility index (Phi) is 4.45. The second-order valence-corrected chi connectivity index (χ2v) is 5.73. The van der Waals surface area contributed by atoms with Crippen molar-refractivity contribution in [2.45, 2.75) is 12.6 Å². The maximum absolute atomic E-state index is 9.42. The van der Waals surface area contributed by atoms with Gasteiger partial charge in [-0.05, 0) is 17.7 Å². The van der Waals surface area contributed by atoms with Crippen molar-refractivity contribution >= 4 is 11.3 Å². The van der Waals surface area contributed by atoms with Gasteiger partial charge in [0, 0.05) is 12.7 Å². The molecule has 2 heterocycles. The summed E-state index contributed by atoms with van der Waals surface area (Å²) in [5.41, 5.74) is 1.17. The van der Waals surface area contributed by atoms with Gasteiger partial charge in [-0.2, -0.15) is 0 Å². The standard InChI is InChI=1S/C16H16N2O2S/c19-11-13(14-7-4-8-20-14)17-10-16-18-9-15(21-16)12-5-2-1-3-6-12/h1-9,13,17,19H,10-11H2. The third-order valence-electron chi connectivity index (χ3n) is 3.18. The van der Waals surface area contributed by atoms with Gasteiger partial charge in [-0.15, -0.1) is 11.3 Å². The van der Waals surface area contributed by atoms with E-state index in [1.165, 1.54) is 5.56 Å². The number of furan rings is 1. The smallest absolute Gasteiger partial charge is 0.123 e. The van der Waals surface area contributed by atoms with Gasteiger partial charge in [0.1, 0.15) is 10.8 Å². The predicted octanol–water partition coefficient (Wildman–Crippen LogP) is 3.23.